The number of anilines is 1. The number of carboxylic acid groups (broad SMARTS) is 1. The Labute approximate surface area is 106 Å². The van der Waals surface area contributed by atoms with Gasteiger partial charge in [0.25, 0.3) is 0 Å². The molecular formula is C11H7ClFN3O2. The molecular weight excluding hydrogens is 261 g/mol. The fourth-order valence-electron chi connectivity index (χ4n) is 1.40. The van der Waals surface area contributed by atoms with Gasteiger partial charge < -0.3 is 10.8 Å². The number of nitrogens with zero attached hydrogens (tertiary/aromatic N) is 2. The van der Waals surface area contributed by atoms with Gasteiger partial charge in [0, 0.05) is 12.3 Å². The van der Waals surface area contributed by atoms with Crippen LogP contribution >= 0.6 is 11.6 Å². The molecule has 2 aromatic rings. The fraction of sp³-hybridized carbons (Fsp3) is 0. The van der Waals surface area contributed by atoms with Gasteiger partial charge in [-0.1, -0.05) is 11.6 Å². The van der Waals surface area contributed by atoms with Crippen LogP contribution in [0.15, 0.2) is 24.4 Å². The van der Waals surface area contributed by atoms with Crippen LogP contribution in [-0.4, -0.2) is 21.0 Å². The van der Waals surface area contributed by atoms with E-state index >= 15 is 0 Å². The molecule has 0 amide bonds. The van der Waals surface area contributed by atoms with E-state index in [0.29, 0.717) is 0 Å². The predicted octanol–water partition coefficient (Wildman–Crippen LogP) is 2.22. The van der Waals surface area contributed by atoms with Crippen LogP contribution in [0.5, 0.6) is 0 Å². The van der Waals surface area contributed by atoms with Gasteiger partial charge in [0.1, 0.15) is 11.4 Å². The quantitative estimate of drug-likeness (QED) is 0.871. The Morgan fingerprint density at radius 3 is 2.78 bits per heavy atom. The van der Waals surface area contributed by atoms with E-state index in [1.807, 2.05) is 0 Å². The largest absolute Gasteiger partial charge is 0.476 e. The number of pyridine rings is 2. The fourth-order valence-corrected chi connectivity index (χ4v) is 1.61. The summed E-state index contributed by atoms with van der Waals surface area (Å²) in [4.78, 5) is 18.4. The Bertz CT molecular complexity index is 634. The molecule has 3 N–H and O–H groups in total. The molecule has 0 unspecified atom stereocenters. The van der Waals surface area contributed by atoms with E-state index in [1.165, 1.54) is 12.3 Å². The molecule has 18 heavy (non-hydrogen) atoms. The molecule has 5 nitrogen and oxygen atoms in total. The van der Waals surface area contributed by atoms with Crippen LogP contribution < -0.4 is 5.73 Å². The highest BCUT2D eigenvalue weighted by atomic mass is 35.5. The van der Waals surface area contributed by atoms with Gasteiger partial charge in [0.15, 0.2) is 11.5 Å². The number of aromatic carboxylic acids is 1. The SMILES string of the molecule is Nc1cc(F)c(-c2ncccc2Cl)nc1C(=O)O. The Balaban J connectivity index is 2.69. The maximum absolute atomic E-state index is 13.7. The van der Waals surface area contributed by atoms with E-state index in [2.05, 4.69) is 9.97 Å². The zero-order chi connectivity index (χ0) is 13.3. The zero-order valence-electron chi connectivity index (χ0n) is 8.89. The summed E-state index contributed by atoms with van der Waals surface area (Å²) in [5, 5.41) is 9.05. The van der Waals surface area contributed by atoms with Gasteiger partial charge >= 0.3 is 5.97 Å². The van der Waals surface area contributed by atoms with E-state index in [9.17, 15) is 9.18 Å². The maximum atomic E-state index is 13.7. The minimum absolute atomic E-state index is 0.0687. The first-order valence-electron chi connectivity index (χ1n) is 4.81. The molecule has 7 heteroatoms. The van der Waals surface area contributed by atoms with Crippen LogP contribution in [0.1, 0.15) is 10.5 Å². The molecule has 0 fully saturated rings. The van der Waals surface area contributed by atoms with E-state index in [4.69, 9.17) is 22.4 Å². The van der Waals surface area contributed by atoms with Crippen LogP contribution in [0.4, 0.5) is 10.1 Å². The number of nitrogen functional groups attached to an aromatic ring is 1. The molecule has 0 atom stereocenters. The standard InChI is InChI=1S/C11H7ClFN3O2/c12-5-2-1-3-15-8(5)9-6(13)4-7(14)10(16-9)11(17)18/h1-4H,14H2,(H,17,18). The highest BCUT2D eigenvalue weighted by molar-refractivity contribution is 6.32. The molecule has 0 aromatic carbocycles. The monoisotopic (exact) mass is 267 g/mol. The van der Waals surface area contributed by atoms with E-state index < -0.39 is 17.5 Å². The van der Waals surface area contributed by atoms with Crippen molar-refractivity contribution in [3.63, 3.8) is 0 Å². The Kier molecular flexibility index (Phi) is 3.12. The highest BCUT2D eigenvalue weighted by Gasteiger charge is 2.18. The van der Waals surface area contributed by atoms with Crippen LogP contribution in [0, 0.1) is 5.82 Å². The predicted molar refractivity (Wildman–Crippen MR) is 63.8 cm³/mol. The van der Waals surface area contributed by atoms with Gasteiger partial charge in [-0.05, 0) is 12.1 Å². The number of aromatic nitrogens is 2. The third kappa shape index (κ3) is 2.10. The van der Waals surface area contributed by atoms with Gasteiger partial charge in [0.2, 0.25) is 0 Å². The summed E-state index contributed by atoms with van der Waals surface area (Å²) in [7, 11) is 0. The number of carbonyl (C=O) groups is 1. The topological polar surface area (TPSA) is 89.1 Å². The van der Waals surface area contributed by atoms with Crippen LogP contribution in [0.25, 0.3) is 11.4 Å². The lowest BCUT2D eigenvalue weighted by Gasteiger charge is -2.07. The van der Waals surface area contributed by atoms with Crippen molar-refractivity contribution in [2.24, 2.45) is 0 Å². The van der Waals surface area contributed by atoms with Crippen molar-refractivity contribution in [3.8, 4) is 11.4 Å². The third-order valence-electron chi connectivity index (χ3n) is 2.19. The van der Waals surface area contributed by atoms with Crippen molar-refractivity contribution in [3.05, 3.63) is 40.9 Å². The lowest BCUT2D eigenvalue weighted by Crippen LogP contribution is -2.08. The van der Waals surface area contributed by atoms with Crippen LogP contribution in [-0.2, 0) is 0 Å². The molecule has 92 valence electrons. The Hall–Kier alpha value is -2.21. The van der Waals surface area contributed by atoms with Crippen molar-refractivity contribution in [2.45, 2.75) is 0 Å². The molecule has 0 aliphatic heterocycles. The second kappa shape index (κ2) is 4.58. The minimum Gasteiger partial charge on any atom is -0.476 e. The van der Waals surface area contributed by atoms with Crippen molar-refractivity contribution in [2.75, 3.05) is 5.73 Å². The lowest BCUT2D eigenvalue weighted by atomic mass is 10.2. The molecule has 2 heterocycles. The van der Waals surface area contributed by atoms with Gasteiger partial charge in [-0.3, -0.25) is 4.98 Å². The van der Waals surface area contributed by atoms with Crippen molar-refractivity contribution in [1.29, 1.82) is 0 Å². The highest BCUT2D eigenvalue weighted by Crippen LogP contribution is 2.27. The second-order valence-corrected chi connectivity index (χ2v) is 3.80. The summed E-state index contributed by atoms with van der Waals surface area (Å²) in [5.41, 5.74) is 4.51. The average Bonchev–Trinajstić information content (AvgIpc) is 2.30. The molecule has 0 saturated carbocycles. The molecule has 0 spiro atoms. The summed E-state index contributed by atoms with van der Waals surface area (Å²) in [6.45, 7) is 0. The minimum atomic E-state index is -1.35. The second-order valence-electron chi connectivity index (χ2n) is 3.40. The molecule has 0 aliphatic carbocycles. The Morgan fingerprint density at radius 2 is 2.17 bits per heavy atom. The first-order chi connectivity index (χ1) is 8.50. The van der Waals surface area contributed by atoms with E-state index in [1.54, 1.807) is 6.07 Å². The number of carboxylic acids is 1. The summed E-state index contributed by atoms with van der Waals surface area (Å²) in [6, 6.07) is 3.96. The lowest BCUT2D eigenvalue weighted by molar-refractivity contribution is 0.0692. The number of nitrogens with two attached hydrogens (primary N) is 1. The first-order valence-corrected chi connectivity index (χ1v) is 5.18. The van der Waals surface area contributed by atoms with Crippen LogP contribution in [0.3, 0.4) is 0 Å². The number of hydrogen-bond acceptors (Lipinski definition) is 4. The smallest absolute Gasteiger partial charge is 0.356 e. The van der Waals surface area contributed by atoms with E-state index in [-0.39, 0.29) is 22.1 Å². The molecule has 0 aliphatic rings. The molecule has 0 radical (unpaired) electrons. The summed E-state index contributed by atoms with van der Waals surface area (Å²) in [6.07, 6.45) is 1.40. The van der Waals surface area contributed by atoms with Crippen molar-refractivity contribution < 1.29 is 14.3 Å². The molecule has 2 aromatic heterocycles. The zero-order valence-corrected chi connectivity index (χ0v) is 9.65. The van der Waals surface area contributed by atoms with Crippen molar-refractivity contribution >= 4 is 23.3 Å². The third-order valence-corrected chi connectivity index (χ3v) is 2.50. The number of hydrogen-bond donors (Lipinski definition) is 2. The maximum Gasteiger partial charge on any atom is 0.356 e. The average molecular weight is 268 g/mol. The summed E-state index contributed by atoms with van der Waals surface area (Å²) in [5.74, 6) is -2.13. The summed E-state index contributed by atoms with van der Waals surface area (Å²) >= 11 is 5.85. The van der Waals surface area contributed by atoms with Gasteiger partial charge in [-0.2, -0.15) is 0 Å². The van der Waals surface area contributed by atoms with Gasteiger partial charge in [-0.15, -0.1) is 0 Å². The molecule has 0 bridgehead atoms. The van der Waals surface area contributed by atoms with Gasteiger partial charge in [-0.25, -0.2) is 14.2 Å². The molecule has 2 rings (SSSR count). The Morgan fingerprint density at radius 1 is 1.44 bits per heavy atom. The number of halogens is 2. The molecule has 0 saturated heterocycles. The summed E-state index contributed by atoms with van der Waals surface area (Å²) < 4.78 is 13.7. The van der Waals surface area contributed by atoms with Crippen molar-refractivity contribution in [1.82, 2.24) is 9.97 Å². The first kappa shape index (κ1) is 12.3. The van der Waals surface area contributed by atoms with E-state index in [0.717, 1.165) is 6.07 Å². The number of rotatable bonds is 2. The van der Waals surface area contributed by atoms with Gasteiger partial charge in [0.05, 0.1) is 10.7 Å². The normalized spacial score (nSPS) is 10.3. The van der Waals surface area contributed by atoms with Crippen LogP contribution in [0.2, 0.25) is 5.02 Å².